The molecular weight excluding hydrogens is 226 g/mol. The number of hydrogen-bond donors (Lipinski definition) is 2. The largest absolute Gasteiger partial charge is 0.365 e. The average molecular weight is 246 g/mol. The van der Waals surface area contributed by atoms with Gasteiger partial charge in [-0.2, -0.15) is 0 Å². The number of amides is 2. The second-order valence-corrected chi connectivity index (χ2v) is 6.48. The molecule has 0 bridgehead atoms. The van der Waals surface area contributed by atoms with Crippen molar-refractivity contribution in [3.05, 3.63) is 0 Å². The standard InChI is InChI=1S/C12H20B2N2O2/c1-11(2)4-8(16-10(14)18)5-12(3,6-11)7-15-9(13)17/h8H,4-7H2,1-3H3,(H,15,17)(H,16,18). The fourth-order valence-corrected chi connectivity index (χ4v) is 3.37. The van der Waals surface area contributed by atoms with Crippen LogP contribution in [0.3, 0.4) is 0 Å². The predicted molar refractivity (Wildman–Crippen MR) is 73.0 cm³/mol. The van der Waals surface area contributed by atoms with E-state index in [-0.39, 0.29) is 16.9 Å². The third-order valence-corrected chi connectivity index (χ3v) is 3.48. The Morgan fingerprint density at radius 1 is 1.17 bits per heavy atom. The molecular formula is C12H20B2N2O2. The number of hydrogen-bond acceptors (Lipinski definition) is 2. The molecule has 1 aliphatic rings. The Bertz CT molecular complexity index is 347. The van der Waals surface area contributed by atoms with Crippen molar-refractivity contribution in [3.8, 4) is 0 Å². The van der Waals surface area contributed by atoms with Gasteiger partial charge in [-0.1, -0.05) is 20.8 Å². The summed E-state index contributed by atoms with van der Waals surface area (Å²) in [6, 6.07) is 0.0472. The van der Waals surface area contributed by atoms with Gasteiger partial charge >= 0.3 is 0 Å². The van der Waals surface area contributed by atoms with Gasteiger partial charge in [-0.05, 0) is 30.1 Å². The lowest BCUT2D eigenvalue weighted by Crippen LogP contribution is -2.50. The molecule has 0 saturated heterocycles. The van der Waals surface area contributed by atoms with Crippen molar-refractivity contribution in [2.45, 2.75) is 46.1 Å². The molecule has 1 fully saturated rings. The van der Waals surface area contributed by atoms with Crippen LogP contribution in [0.15, 0.2) is 0 Å². The maximum atomic E-state index is 11.0. The van der Waals surface area contributed by atoms with Gasteiger partial charge in [-0.3, -0.25) is 9.59 Å². The summed E-state index contributed by atoms with van der Waals surface area (Å²) in [7, 11) is 10.3. The van der Waals surface area contributed by atoms with E-state index in [4.69, 9.17) is 15.7 Å². The van der Waals surface area contributed by atoms with Crippen LogP contribution in [0, 0.1) is 10.8 Å². The van der Waals surface area contributed by atoms with Gasteiger partial charge < -0.3 is 10.6 Å². The Morgan fingerprint density at radius 2 is 1.78 bits per heavy atom. The molecule has 0 aromatic carbocycles. The molecule has 0 aromatic heterocycles. The van der Waals surface area contributed by atoms with E-state index < -0.39 is 11.6 Å². The van der Waals surface area contributed by atoms with Crippen LogP contribution >= 0.6 is 0 Å². The zero-order valence-electron chi connectivity index (χ0n) is 11.4. The maximum absolute atomic E-state index is 11.0. The molecule has 0 spiro atoms. The zero-order chi connectivity index (χ0) is 14.0. The summed E-state index contributed by atoms with van der Waals surface area (Å²) in [4.78, 5) is 21.8. The SMILES string of the molecule is [B]C(=O)NCC1(C)CC(NC([B])=O)CC(C)(C)C1. The molecule has 2 atom stereocenters. The fraction of sp³-hybridized carbons (Fsp3) is 0.833. The fourth-order valence-electron chi connectivity index (χ4n) is 3.37. The van der Waals surface area contributed by atoms with Crippen molar-refractivity contribution in [2.24, 2.45) is 10.8 Å². The first-order chi connectivity index (χ1) is 8.12. The molecule has 2 amide bonds. The Hall–Kier alpha value is -0.930. The van der Waals surface area contributed by atoms with Crippen LogP contribution in [-0.2, 0) is 0 Å². The molecule has 0 heterocycles. The Morgan fingerprint density at radius 3 is 2.28 bits per heavy atom. The van der Waals surface area contributed by atoms with Gasteiger partial charge in [0.15, 0.2) is 19.5 Å². The molecule has 1 aliphatic carbocycles. The van der Waals surface area contributed by atoms with E-state index in [9.17, 15) is 9.59 Å². The second-order valence-electron chi connectivity index (χ2n) is 6.48. The summed E-state index contributed by atoms with van der Waals surface area (Å²) in [6.07, 6.45) is 2.65. The quantitative estimate of drug-likeness (QED) is 0.738. The average Bonchev–Trinajstić information content (AvgIpc) is 2.10. The smallest absolute Gasteiger partial charge is 0.200 e. The van der Waals surface area contributed by atoms with Crippen LogP contribution in [-0.4, -0.2) is 39.9 Å². The lowest BCUT2D eigenvalue weighted by atomic mass is 9.62. The molecule has 4 nitrogen and oxygen atoms in total. The van der Waals surface area contributed by atoms with Crippen molar-refractivity contribution in [3.63, 3.8) is 0 Å². The highest BCUT2D eigenvalue weighted by Gasteiger charge is 2.41. The first-order valence-electron chi connectivity index (χ1n) is 6.21. The van der Waals surface area contributed by atoms with Crippen LogP contribution in [0.2, 0.25) is 0 Å². The second kappa shape index (κ2) is 5.37. The molecule has 1 rings (SSSR count). The van der Waals surface area contributed by atoms with Crippen LogP contribution in [0.25, 0.3) is 0 Å². The van der Waals surface area contributed by atoms with Crippen molar-refractivity contribution in [1.82, 2.24) is 10.6 Å². The van der Waals surface area contributed by atoms with E-state index in [1.807, 2.05) is 0 Å². The lowest BCUT2D eigenvalue weighted by Gasteiger charge is -2.47. The van der Waals surface area contributed by atoms with Gasteiger partial charge in [0.25, 0.3) is 0 Å². The monoisotopic (exact) mass is 246 g/mol. The Kier molecular flexibility index (Phi) is 4.51. The molecule has 18 heavy (non-hydrogen) atoms. The topological polar surface area (TPSA) is 58.2 Å². The highest BCUT2D eigenvalue weighted by Crippen LogP contribution is 2.45. The van der Waals surface area contributed by atoms with Gasteiger partial charge in [0.05, 0.1) is 0 Å². The minimum Gasteiger partial charge on any atom is -0.365 e. The van der Waals surface area contributed by atoms with Crippen LogP contribution in [0.1, 0.15) is 40.0 Å². The van der Waals surface area contributed by atoms with Gasteiger partial charge in [0, 0.05) is 12.6 Å². The van der Waals surface area contributed by atoms with E-state index in [2.05, 4.69) is 31.4 Å². The molecule has 2 N–H and O–H groups in total. The Labute approximate surface area is 111 Å². The van der Waals surface area contributed by atoms with Gasteiger partial charge in [-0.15, -0.1) is 0 Å². The number of rotatable bonds is 3. The molecule has 6 heteroatoms. The summed E-state index contributed by atoms with van der Waals surface area (Å²) in [5.74, 6) is -1.01. The van der Waals surface area contributed by atoms with E-state index in [0.29, 0.717) is 6.54 Å². The van der Waals surface area contributed by atoms with Gasteiger partial charge in [0.1, 0.15) is 0 Å². The first-order valence-corrected chi connectivity index (χ1v) is 6.21. The van der Waals surface area contributed by atoms with E-state index in [1.54, 1.807) is 0 Å². The molecule has 1 saturated carbocycles. The van der Waals surface area contributed by atoms with E-state index in [1.165, 1.54) is 0 Å². The Balaban J connectivity index is 2.72. The van der Waals surface area contributed by atoms with Crippen molar-refractivity contribution in [1.29, 1.82) is 0 Å². The van der Waals surface area contributed by atoms with E-state index >= 15 is 0 Å². The van der Waals surface area contributed by atoms with E-state index in [0.717, 1.165) is 19.3 Å². The highest BCUT2D eigenvalue weighted by molar-refractivity contribution is 6.57. The van der Waals surface area contributed by atoms with Crippen LogP contribution < -0.4 is 10.6 Å². The summed E-state index contributed by atoms with van der Waals surface area (Å²) in [5.41, 5.74) is 0.0172. The zero-order valence-corrected chi connectivity index (χ0v) is 11.4. The number of nitrogens with one attached hydrogen (secondary N) is 2. The van der Waals surface area contributed by atoms with Crippen LogP contribution in [0.5, 0.6) is 0 Å². The molecule has 0 aliphatic heterocycles. The van der Waals surface area contributed by atoms with Crippen molar-refractivity contribution >= 4 is 27.3 Å². The predicted octanol–water partition coefficient (Wildman–Crippen LogP) is 1.33. The van der Waals surface area contributed by atoms with Crippen molar-refractivity contribution in [2.75, 3.05) is 6.54 Å². The third kappa shape index (κ3) is 4.75. The summed E-state index contributed by atoms with van der Waals surface area (Å²) in [6.45, 7) is 6.93. The summed E-state index contributed by atoms with van der Waals surface area (Å²) in [5, 5.41) is 5.44. The molecule has 4 radical (unpaired) electrons. The maximum Gasteiger partial charge on any atom is 0.200 e. The number of carbonyl (C=O) groups excluding carboxylic acids is 2. The molecule has 0 aromatic rings. The normalized spacial score (nSPS) is 30.5. The van der Waals surface area contributed by atoms with Crippen LogP contribution in [0.4, 0.5) is 9.59 Å². The van der Waals surface area contributed by atoms with Gasteiger partial charge in [0.2, 0.25) is 7.85 Å². The van der Waals surface area contributed by atoms with Crippen molar-refractivity contribution < 1.29 is 9.59 Å². The molecule has 96 valence electrons. The summed E-state index contributed by atoms with van der Waals surface area (Å²) < 4.78 is 0. The minimum absolute atomic E-state index is 0.0472. The minimum atomic E-state index is -0.515. The first kappa shape index (κ1) is 15.1. The number of carbonyl (C=O) groups is 2. The highest BCUT2D eigenvalue weighted by atomic mass is 16.1. The lowest BCUT2D eigenvalue weighted by molar-refractivity contribution is 0.0770. The third-order valence-electron chi connectivity index (χ3n) is 3.48. The van der Waals surface area contributed by atoms with Gasteiger partial charge in [-0.25, -0.2) is 0 Å². The molecule has 2 unspecified atom stereocenters. The summed E-state index contributed by atoms with van der Waals surface area (Å²) >= 11 is 0.